The molecule has 5 heteroatoms. The van der Waals surface area contributed by atoms with Gasteiger partial charge in [-0.2, -0.15) is 0 Å². The molecule has 1 fully saturated rings. The van der Waals surface area contributed by atoms with E-state index in [0.29, 0.717) is 5.92 Å². The molecule has 0 saturated carbocycles. The van der Waals surface area contributed by atoms with Crippen LogP contribution in [-0.2, 0) is 17.7 Å². The van der Waals surface area contributed by atoms with Gasteiger partial charge in [-0.25, -0.2) is 0 Å². The zero-order valence-corrected chi connectivity index (χ0v) is 9.64. The Bertz CT molecular complexity index is 307. The number of unbranched alkanes of at least 4 members (excludes halogenated alkanes) is 1. The van der Waals surface area contributed by atoms with Gasteiger partial charge in [-0.05, 0) is 32.2 Å². The Morgan fingerprint density at radius 2 is 2.44 bits per heavy atom. The van der Waals surface area contributed by atoms with Crippen LogP contribution < -0.4 is 5.73 Å². The minimum atomic E-state index is 0.610. The molecule has 2 heterocycles. The molecule has 5 nitrogen and oxygen atoms in total. The summed E-state index contributed by atoms with van der Waals surface area (Å²) in [5.74, 6) is 0.610. The standard InChI is InChI=1S/C11H20N4O/c12-5-2-1-3-11-8-15(14-13-11)7-10-4-6-16-9-10/h8,10H,1-7,9,12H2. The summed E-state index contributed by atoms with van der Waals surface area (Å²) in [5, 5.41) is 8.30. The third-order valence-corrected chi connectivity index (χ3v) is 2.94. The second-order valence-electron chi connectivity index (χ2n) is 4.41. The van der Waals surface area contributed by atoms with Gasteiger partial charge in [0.1, 0.15) is 0 Å². The van der Waals surface area contributed by atoms with E-state index in [1.165, 1.54) is 0 Å². The van der Waals surface area contributed by atoms with Crippen LogP contribution in [0.3, 0.4) is 0 Å². The predicted molar refractivity (Wildman–Crippen MR) is 60.9 cm³/mol. The minimum absolute atomic E-state index is 0.610. The Morgan fingerprint density at radius 3 is 3.19 bits per heavy atom. The molecule has 1 unspecified atom stereocenters. The van der Waals surface area contributed by atoms with Crippen LogP contribution in [0.15, 0.2) is 6.20 Å². The summed E-state index contributed by atoms with van der Waals surface area (Å²) >= 11 is 0. The van der Waals surface area contributed by atoms with Crippen molar-refractivity contribution in [2.24, 2.45) is 11.7 Å². The van der Waals surface area contributed by atoms with Crippen molar-refractivity contribution in [1.29, 1.82) is 0 Å². The van der Waals surface area contributed by atoms with Crippen LogP contribution in [0, 0.1) is 5.92 Å². The molecule has 0 radical (unpaired) electrons. The molecule has 16 heavy (non-hydrogen) atoms. The van der Waals surface area contributed by atoms with E-state index in [1.807, 2.05) is 4.68 Å². The van der Waals surface area contributed by atoms with Crippen molar-refractivity contribution in [3.63, 3.8) is 0 Å². The largest absolute Gasteiger partial charge is 0.381 e. The zero-order valence-electron chi connectivity index (χ0n) is 9.64. The first kappa shape index (κ1) is 11.5. The predicted octanol–water partition coefficient (Wildman–Crippen LogP) is 0.596. The smallest absolute Gasteiger partial charge is 0.0827 e. The zero-order chi connectivity index (χ0) is 11.2. The third kappa shape index (κ3) is 3.28. The van der Waals surface area contributed by atoms with Gasteiger partial charge in [-0.15, -0.1) is 5.10 Å². The highest BCUT2D eigenvalue weighted by molar-refractivity contribution is 4.92. The topological polar surface area (TPSA) is 66.0 Å². The molecule has 2 rings (SSSR count). The number of nitrogens with zero attached hydrogens (tertiary/aromatic N) is 3. The van der Waals surface area contributed by atoms with E-state index >= 15 is 0 Å². The van der Waals surface area contributed by atoms with E-state index in [1.54, 1.807) is 0 Å². The Labute approximate surface area is 96.0 Å². The van der Waals surface area contributed by atoms with Gasteiger partial charge in [-0.3, -0.25) is 4.68 Å². The van der Waals surface area contributed by atoms with Crippen LogP contribution in [-0.4, -0.2) is 34.8 Å². The molecule has 1 aromatic heterocycles. The summed E-state index contributed by atoms with van der Waals surface area (Å²) in [7, 11) is 0. The number of ether oxygens (including phenoxy) is 1. The molecular weight excluding hydrogens is 204 g/mol. The summed E-state index contributed by atoms with van der Waals surface area (Å²) in [6.07, 6.45) is 6.33. The van der Waals surface area contributed by atoms with Crippen LogP contribution >= 0.6 is 0 Å². The Hall–Kier alpha value is -0.940. The fourth-order valence-corrected chi connectivity index (χ4v) is 1.98. The van der Waals surface area contributed by atoms with Gasteiger partial charge in [0.05, 0.1) is 12.3 Å². The molecule has 1 atom stereocenters. The van der Waals surface area contributed by atoms with E-state index < -0.39 is 0 Å². The number of rotatable bonds is 6. The van der Waals surface area contributed by atoms with E-state index in [2.05, 4.69) is 16.5 Å². The van der Waals surface area contributed by atoms with Crippen molar-refractivity contribution in [3.05, 3.63) is 11.9 Å². The highest BCUT2D eigenvalue weighted by atomic mass is 16.5. The maximum Gasteiger partial charge on any atom is 0.0827 e. The van der Waals surface area contributed by atoms with Crippen molar-refractivity contribution in [2.75, 3.05) is 19.8 Å². The second kappa shape index (κ2) is 5.96. The van der Waals surface area contributed by atoms with E-state index in [-0.39, 0.29) is 0 Å². The molecule has 1 aliphatic rings. The first-order chi connectivity index (χ1) is 7.88. The van der Waals surface area contributed by atoms with Gasteiger partial charge in [0, 0.05) is 25.3 Å². The summed E-state index contributed by atoms with van der Waals surface area (Å²) < 4.78 is 7.28. The van der Waals surface area contributed by atoms with Crippen LogP contribution in [0.4, 0.5) is 0 Å². The Kier molecular flexibility index (Phi) is 4.30. The summed E-state index contributed by atoms with van der Waals surface area (Å²) in [6, 6.07) is 0. The van der Waals surface area contributed by atoms with Gasteiger partial charge in [0.25, 0.3) is 0 Å². The highest BCUT2D eigenvalue weighted by Gasteiger charge is 2.16. The first-order valence-corrected chi connectivity index (χ1v) is 6.05. The molecule has 0 bridgehead atoms. The molecular formula is C11H20N4O. The lowest BCUT2D eigenvalue weighted by atomic mass is 10.1. The number of nitrogens with two attached hydrogens (primary N) is 1. The molecule has 1 saturated heterocycles. The molecule has 1 aliphatic heterocycles. The Morgan fingerprint density at radius 1 is 1.50 bits per heavy atom. The molecule has 0 aliphatic carbocycles. The van der Waals surface area contributed by atoms with Crippen molar-refractivity contribution in [1.82, 2.24) is 15.0 Å². The van der Waals surface area contributed by atoms with Crippen LogP contribution in [0.25, 0.3) is 0 Å². The lowest BCUT2D eigenvalue weighted by molar-refractivity contribution is 0.181. The normalized spacial score (nSPS) is 20.4. The van der Waals surface area contributed by atoms with Gasteiger partial charge in [-0.1, -0.05) is 5.21 Å². The maximum atomic E-state index is 5.45. The number of hydrogen-bond donors (Lipinski definition) is 1. The van der Waals surface area contributed by atoms with Gasteiger partial charge >= 0.3 is 0 Å². The third-order valence-electron chi connectivity index (χ3n) is 2.94. The fraction of sp³-hybridized carbons (Fsp3) is 0.818. The highest BCUT2D eigenvalue weighted by Crippen LogP contribution is 2.14. The lowest BCUT2D eigenvalue weighted by Crippen LogP contribution is -2.11. The second-order valence-corrected chi connectivity index (χ2v) is 4.41. The lowest BCUT2D eigenvalue weighted by Gasteiger charge is -2.05. The molecule has 0 amide bonds. The van der Waals surface area contributed by atoms with E-state index in [9.17, 15) is 0 Å². The van der Waals surface area contributed by atoms with Gasteiger partial charge < -0.3 is 10.5 Å². The van der Waals surface area contributed by atoms with Crippen molar-refractivity contribution < 1.29 is 4.74 Å². The average molecular weight is 224 g/mol. The van der Waals surface area contributed by atoms with Gasteiger partial charge in [0.2, 0.25) is 0 Å². The van der Waals surface area contributed by atoms with Crippen molar-refractivity contribution in [2.45, 2.75) is 32.2 Å². The minimum Gasteiger partial charge on any atom is -0.381 e. The molecule has 0 spiro atoms. The summed E-state index contributed by atoms with van der Waals surface area (Å²) in [5.41, 5.74) is 6.53. The van der Waals surface area contributed by atoms with Gasteiger partial charge in [0.15, 0.2) is 0 Å². The Balaban J connectivity index is 1.77. The van der Waals surface area contributed by atoms with Crippen LogP contribution in [0.5, 0.6) is 0 Å². The number of aromatic nitrogens is 3. The molecule has 1 aromatic rings. The van der Waals surface area contributed by atoms with Crippen LogP contribution in [0.1, 0.15) is 25.0 Å². The van der Waals surface area contributed by atoms with Crippen molar-refractivity contribution in [3.8, 4) is 0 Å². The first-order valence-electron chi connectivity index (χ1n) is 6.05. The van der Waals surface area contributed by atoms with Crippen molar-refractivity contribution >= 4 is 0 Å². The molecule has 0 aromatic carbocycles. The summed E-state index contributed by atoms with van der Waals surface area (Å²) in [6.45, 7) is 3.45. The average Bonchev–Trinajstić information content (AvgIpc) is 2.91. The molecule has 90 valence electrons. The monoisotopic (exact) mass is 224 g/mol. The van der Waals surface area contributed by atoms with E-state index in [4.69, 9.17) is 10.5 Å². The van der Waals surface area contributed by atoms with E-state index in [0.717, 1.165) is 57.7 Å². The fourth-order valence-electron chi connectivity index (χ4n) is 1.98. The SMILES string of the molecule is NCCCCc1cn(CC2CCOC2)nn1. The maximum absolute atomic E-state index is 5.45. The molecule has 2 N–H and O–H groups in total. The van der Waals surface area contributed by atoms with Crippen LogP contribution in [0.2, 0.25) is 0 Å². The number of aryl methyl sites for hydroxylation is 1. The quantitative estimate of drug-likeness (QED) is 0.718. The summed E-state index contributed by atoms with van der Waals surface area (Å²) in [4.78, 5) is 0. The number of hydrogen-bond acceptors (Lipinski definition) is 4.